The molecule has 1 rings (SSSR count). The Bertz CT molecular complexity index is 292. The van der Waals surface area contributed by atoms with Crippen LogP contribution in [0.2, 0.25) is 0 Å². The summed E-state index contributed by atoms with van der Waals surface area (Å²) in [6.45, 7) is 16.0. The third-order valence-electron chi connectivity index (χ3n) is 5.95. The van der Waals surface area contributed by atoms with E-state index in [-0.39, 0.29) is 0 Å². The molecule has 0 saturated carbocycles. The monoisotopic (exact) mass is 428 g/mol. The van der Waals surface area contributed by atoms with E-state index in [4.69, 9.17) is 14.2 Å². The number of ether oxygens (including phenoxy) is 3. The first-order valence-electron chi connectivity index (χ1n) is 13.0. The zero-order valence-corrected chi connectivity index (χ0v) is 20.4. The average Bonchev–Trinajstić information content (AvgIpc) is 2.75. The van der Waals surface area contributed by atoms with Crippen LogP contribution in [0.25, 0.3) is 0 Å². The fourth-order valence-corrected chi connectivity index (χ4v) is 3.92. The average molecular weight is 429 g/mol. The van der Waals surface area contributed by atoms with Crippen molar-refractivity contribution in [1.82, 2.24) is 9.80 Å². The van der Waals surface area contributed by atoms with Gasteiger partial charge in [-0.2, -0.15) is 0 Å². The first-order chi connectivity index (χ1) is 14.9. The highest BCUT2D eigenvalue weighted by Crippen LogP contribution is 2.06. The van der Waals surface area contributed by atoms with Crippen LogP contribution in [0, 0.1) is 0 Å². The molecule has 0 bridgehead atoms. The van der Waals surface area contributed by atoms with Crippen LogP contribution in [0.15, 0.2) is 0 Å². The van der Waals surface area contributed by atoms with Crippen LogP contribution < -0.4 is 0 Å². The third-order valence-corrected chi connectivity index (χ3v) is 5.95. The molecule has 30 heavy (non-hydrogen) atoms. The summed E-state index contributed by atoms with van der Waals surface area (Å²) in [5.74, 6) is 0. The van der Waals surface area contributed by atoms with Crippen LogP contribution in [-0.2, 0) is 14.2 Å². The molecule has 5 heteroatoms. The van der Waals surface area contributed by atoms with Gasteiger partial charge in [0.15, 0.2) is 0 Å². The standard InChI is InChI=1S/C25H52N2O3/c1-3-5-7-10-14-26-15-12-9-13-20-28-21-18-27(16-11-8-6-4-2)19-23-30-25-24-29-22-17-26/h3-25H2,1-2H3. The quantitative estimate of drug-likeness (QED) is 0.458. The Morgan fingerprint density at radius 2 is 0.967 bits per heavy atom. The van der Waals surface area contributed by atoms with E-state index in [2.05, 4.69) is 23.6 Å². The normalized spacial score (nSPS) is 20.6. The van der Waals surface area contributed by atoms with E-state index in [0.29, 0.717) is 13.2 Å². The lowest BCUT2D eigenvalue weighted by atomic mass is 10.2. The van der Waals surface area contributed by atoms with Crippen molar-refractivity contribution in [3.63, 3.8) is 0 Å². The summed E-state index contributed by atoms with van der Waals surface area (Å²) in [4.78, 5) is 5.10. The zero-order chi connectivity index (χ0) is 21.5. The molecule has 0 atom stereocenters. The van der Waals surface area contributed by atoms with E-state index in [1.165, 1.54) is 83.7 Å². The lowest BCUT2D eigenvalue weighted by Gasteiger charge is -2.23. The fraction of sp³-hybridized carbons (Fsp3) is 1.00. The minimum absolute atomic E-state index is 0.705. The highest BCUT2D eigenvalue weighted by atomic mass is 16.5. The molecule has 0 amide bonds. The summed E-state index contributed by atoms with van der Waals surface area (Å²) in [6.07, 6.45) is 14.3. The van der Waals surface area contributed by atoms with Gasteiger partial charge in [0.05, 0.1) is 33.0 Å². The molecule has 1 saturated heterocycles. The maximum Gasteiger partial charge on any atom is 0.0701 e. The lowest BCUT2D eigenvalue weighted by Crippen LogP contribution is -2.33. The molecule has 1 aliphatic heterocycles. The zero-order valence-electron chi connectivity index (χ0n) is 20.4. The minimum atomic E-state index is 0.705. The first-order valence-corrected chi connectivity index (χ1v) is 13.0. The minimum Gasteiger partial charge on any atom is -0.380 e. The summed E-state index contributed by atoms with van der Waals surface area (Å²) in [6, 6.07) is 0. The van der Waals surface area contributed by atoms with Gasteiger partial charge in [0.25, 0.3) is 0 Å². The van der Waals surface area contributed by atoms with Gasteiger partial charge in [-0.25, -0.2) is 0 Å². The van der Waals surface area contributed by atoms with E-state index in [1.807, 2.05) is 0 Å². The molecular formula is C25H52N2O3. The van der Waals surface area contributed by atoms with E-state index >= 15 is 0 Å². The van der Waals surface area contributed by atoms with Crippen molar-refractivity contribution in [3.8, 4) is 0 Å². The Labute approximate surface area is 187 Å². The molecule has 0 unspecified atom stereocenters. The van der Waals surface area contributed by atoms with Crippen molar-refractivity contribution in [1.29, 1.82) is 0 Å². The molecule has 0 radical (unpaired) electrons. The Hall–Kier alpha value is -0.200. The second kappa shape index (κ2) is 22.0. The summed E-state index contributed by atoms with van der Waals surface area (Å²) < 4.78 is 17.6. The van der Waals surface area contributed by atoms with E-state index in [0.717, 1.165) is 52.6 Å². The van der Waals surface area contributed by atoms with Gasteiger partial charge in [-0.05, 0) is 51.7 Å². The SMILES string of the molecule is CCCCCCN1CCCCCOCCN(CCCCCC)CCOCCOCC1. The van der Waals surface area contributed by atoms with Crippen LogP contribution in [0.4, 0.5) is 0 Å². The molecule has 1 heterocycles. The molecule has 5 nitrogen and oxygen atoms in total. The van der Waals surface area contributed by atoms with Crippen LogP contribution >= 0.6 is 0 Å². The van der Waals surface area contributed by atoms with Crippen molar-refractivity contribution < 1.29 is 14.2 Å². The lowest BCUT2D eigenvalue weighted by molar-refractivity contribution is 0.0257. The molecule has 0 aromatic carbocycles. The van der Waals surface area contributed by atoms with Crippen molar-refractivity contribution in [2.45, 2.75) is 84.5 Å². The molecule has 0 aromatic heterocycles. The van der Waals surface area contributed by atoms with Gasteiger partial charge in [-0.15, -0.1) is 0 Å². The number of unbranched alkanes of at least 4 members (excludes halogenated alkanes) is 6. The topological polar surface area (TPSA) is 34.2 Å². The second-order valence-electron chi connectivity index (χ2n) is 8.70. The Morgan fingerprint density at radius 1 is 0.467 bits per heavy atom. The molecular weight excluding hydrogens is 376 g/mol. The molecule has 180 valence electrons. The van der Waals surface area contributed by atoms with Gasteiger partial charge >= 0.3 is 0 Å². The van der Waals surface area contributed by atoms with Gasteiger partial charge in [0.1, 0.15) is 0 Å². The predicted molar refractivity (Wildman–Crippen MR) is 127 cm³/mol. The summed E-state index contributed by atoms with van der Waals surface area (Å²) in [5, 5.41) is 0. The third kappa shape index (κ3) is 17.5. The Kier molecular flexibility index (Phi) is 20.4. The molecule has 0 spiro atoms. The number of rotatable bonds is 10. The summed E-state index contributed by atoms with van der Waals surface area (Å²) >= 11 is 0. The van der Waals surface area contributed by atoms with Gasteiger partial charge < -0.3 is 19.1 Å². The van der Waals surface area contributed by atoms with Crippen molar-refractivity contribution in [3.05, 3.63) is 0 Å². The first kappa shape index (κ1) is 27.8. The summed E-state index contributed by atoms with van der Waals surface area (Å²) in [7, 11) is 0. The number of hydrogen-bond acceptors (Lipinski definition) is 5. The van der Waals surface area contributed by atoms with Crippen molar-refractivity contribution >= 4 is 0 Å². The van der Waals surface area contributed by atoms with Gasteiger partial charge in [0.2, 0.25) is 0 Å². The fourth-order valence-electron chi connectivity index (χ4n) is 3.92. The number of hydrogen-bond donors (Lipinski definition) is 0. The molecule has 0 N–H and O–H groups in total. The van der Waals surface area contributed by atoms with Gasteiger partial charge in [-0.3, -0.25) is 4.90 Å². The van der Waals surface area contributed by atoms with Crippen LogP contribution in [-0.4, -0.2) is 88.7 Å². The van der Waals surface area contributed by atoms with Crippen LogP contribution in [0.1, 0.15) is 84.5 Å². The molecule has 0 aliphatic carbocycles. The maximum atomic E-state index is 5.94. The predicted octanol–water partition coefficient (Wildman–Crippen LogP) is 4.98. The van der Waals surface area contributed by atoms with E-state index in [1.54, 1.807) is 0 Å². The maximum absolute atomic E-state index is 5.94. The largest absolute Gasteiger partial charge is 0.380 e. The van der Waals surface area contributed by atoms with Gasteiger partial charge in [-0.1, -0.05) is 52.4 Å². The smallest absolute Gasteiger partial charge is 0.0701 e. The van der Waals surface area contributed by atoms with Crippen molar-refractivity contribution in [2.75, 3.05) is 78.9 Å². The van der Waals surface area contributed by atoms with Gasteiger partial charge in [0, 0.05) is 26.2 Å². The number of nitrogens with zero attached hydrogens (tertiary/aromatic N) is 2. The van der Waals surface area contributed by atoms with Crippen LogP contribution in [0.3, 0.4) is 0 Å². The van der Waals surface area contributed by atoms with E-state index in [9.17, 15) is 0 Å². The molecule has 0 aromatic rings. The highest BCUT2D eigenvalue weighted by molar-refractivity contribution is 4.61. The Morgan fingerprint density at radius 3 is 1.50 bits per heavy atom. The molecule has 1 aliphatic rings. The Balaban J connectivity index is 2.30. The van der Waals surface area contributed by atoms with Crippen molar-refractivity contribution in [2.24, 2.45) is 0 Å². The van der Waals surface area contributed by atoms with Crippen LogP contribution in [0.5, 0.6) is 0 Å². The summed E-state index contributed by atoms with van der Waals surface area (Å²) in [5.41, 5.74) is 0. The highest BCUT2D eigenvalue weighted by Gasteiger charge is 2.07. The molecule has 1 fully saturated rings. The second-order valence-corrected chi connectivity index (χ2v) is 8.70. The van der Waals surface area contributed by atoms with E-state index < -0.39 is 0 Å².